The van der Waals surface area contributed by atoms with Gasteiger partial charge in [-0.1, -0.05) is 41.5 Å². The average molecular weight is 707 g/mol. The summed E-state index contributed by atoms with van der Waals surface area (Å²) in [6.45, 7) is 25.6. The van der Waals surface area contributed by atoms with Crippen molar-refractivity contribution in [2.24, 2.45) is 17.8 Å². The van der Waals surface area contributed by atoms with Gasteiger partial charge in [-0.25, -0.2) is 0 Å². The van der Waals surface area contributed by atoms with Gasteiger partial charge in [0.05, 0.1) is 42.0 Å². The van der Waals surface area contributed by atoms with Crippen molar-refractivity contribution in [3.05, 3.63) is 0 Å². The smallest absolute Gasteiger partial charge is 0.308 e. The van der Waals surface area contributed by atoms with Gasteiger partial charge in [-0.05, 0) is 99.1 Å². The van der Waals surface area contributed by atoms with E-state index in [1.807, 2.05) is 48.8 Å². The highest BCUT2D eigenvalue weighted by Gasteiger charge is 2.50. The highest BCUT2D eigenvalue weighted by atomic mass is 28.4. The van der Waals surface area contributed by atoms with Crippen molar-refractivity contribution >= 4 is 14.3 Å². The van der Waals surface area contributed by atoms with E-state index in [2.05, 4.69) is 43.7 Å². The van der Waals surface area contributed by atoms with Crippen LogP contribution in [0.4, 0.5) is 0 Å². The molecule has 12 heteroatoms. The number of aliphatic carboxylic acids is 1. The molecule has 0 saturated carbocycles. The van der Waals surface area contributed by atoms with Gasteiger partial charge in [-0.15, -0.1) is 0 Å². The quantitative estimate of drug-likeness (QED) is 0.120. The minimum Gasteiger partial charge on any atom is -0.481 e. The van der Waals surface area contributed by atoms with Gasteiger partial charge in [0.2, 0.25) is 0 Å². The van der Waals surface area contributed by atoms with E-state index >= 15 is 0 Å². The van der Waals surface area contributed by atoms with Crippen molar-refractivity contribution in [2.45, 2.75) is 180 Å². The van der Waals surface area contributed by atoms with E-state index in [9.17, 15) is 30.3 Å². The highest BCUT2D eigenvalue weighted by Crippen LogP contribution is 2.41. The zero-order valence-corrected chi connectivity index (χ0v) is 34.1. The van der Waals surface area contributed by atoms with Gasteiger partial charge in [-0.3, -0.25) is 4.79 Å². The van der Waals surface area contributed by atoms with Crippen LogP contribution in [0.2, 0.25) is 18.1 Å². The van der Waals surface area contributed by atoms with Crippen molar-refractivity contribution in [1.29, 1.82) is 0 Å². The van der Waals surface area contributed by atoms with Crippen molar-refractivity contribution in [3.63, 3.8) is 0 Å². The molecule has 1 unspecified atom stereocenters. The topological polar surface area (TPSA) is 152 Å². The molecule has 0 aromatic rings. The monoisotopic (exact) mass is 707 g/mol. The lowest BCUT2D eigenvalue weighted by atomic mass is 9.78. The first-order valence-electron chi connectivity index (χ1n) is 18.0. The van der Waals surface area contributed by atoms with Crippen LogP contribution >= 0.6 is 0 Å². The highest BCUT2D eigenvalue weighted by molar-refractivity contribution is 6.74. The molecule has 1 aliphatic rings. The van der Waals surface area contributed by atoms with Gasteiger partial charge in [0, 0.05) is 31.0 Å². The van der Waals surface area contributed by atoms with Crippen LogP contribution in [-0.4, -0.2) is 137 Å². The van der Waals surface area contributed by atoms with Gasteiger partial charge in [0.1, 0.15) is 5.60 Å². The molecule has 1 aliphatic heterocycles. The Kier molecular flexibility index (Phi) is 16.7. The van der Waals surface area contributed by atoms with Crippen molar-refractivity contribution in [1.82, 2.24) is 9.80 Å². The molecule has 0 aromatic heterocycles. The lowest BCUT2D eigenvalue weighted by Crippen LogP contribution is -2.62. The first kappa shape index (κ1) is 45.3. The largest absolute Gasteiger partial charge is 0.481 e. The molecule has 1 rings (SSSR count). The van der Waals surface area contributed by atoms with E-state index in [1.54, 1.807) is 20.8 Å². The number of carboxylic acids is 1. The molecule has 0 spiro atoms. The normalized spacial score (nSPS) is 27.3. The second-order valence-corrected chi connectivity index (χ2v) is 22.1. The summed E-state index contributed by atoms with van der Waals surface area (Å²) in [4.78, 5) is 16.1. The van der Waals surface area contributed by atoms with E-state index in [1.165, 1.54) is 6.92 Å². The molecule has 13 atom stereocenters. The number of aliphatic hydroxyl groups excluding tert-OH is 2. The number of likely N-dealkylation sites (N-methyl/N-ethyl adjacent to an activating group) is 1. The Morgan fingerprint density at radius 1 is 0.979 bits per heavy atom. The molecule has 5 N–H and O–H groups in total. The molecule has 1 heterocycles. The lowest BCUT2D eigenvalue weighted by Gasteiger charge is -2.49. The molecule has 0 aromatic carbocycles. The Bertz CT molecular complexity index is 989. The first-order chi connectivity index (χ1) is 21.6. The number of aliphatic hydroxyl groups is 4. The summed E-state index contributed by atoms with van der Waals surface area (Å²) in [6, 6.07) is -0.0754. The second kappa shape index (κ2) is 17.7. The third-order valence-electron chi connectivity index (χ3n) is 11.4. The van der Waals surface area contributed by atoms with Crippen LogP contribution in [0.5, 0.6) is 0 Å². The fourth-order valence-electron chi connectivity index (χ4n) is 6.94. The number of rotatable bonds is 19. The summed E-state index contributed by atoms with van der Waals surface area (Å²) in [5.41, 5.74) is -2.96. The Balaban J connectivity index is 3.34. The molecule has 0 amide bonds. The summed E-state index contributed by atoms with van der Waals surface area (Å²) in [6.07, 6.45) is -2.45. The van der Waals surface area contributed by atoms with E-state index in [-0.39, 0.29) is 35.6 Å². The Hall–Kier alpha value is -0.673. The molecule has 48 heavy (non-hydrogen) atoms. The standard InChI is InChI=1S/C36H74N2O9Si/c1-17-28(39)36(11,44)32(47-48(15,16)34(7,8)9)26(6)38(14)21-22(2)20-35(10,43)31(24(4)30(40)25(5)33(41)42)46-29-19-27(37(12)13)18-23(3)45-29/h22-32,39-40,43-44H,17-21H2,1-16H3,(H,41,42)/t22-,23-,24+,25-,26-,27+,28-,29?,30+,31-,32-,35-,36-/m1/s1. The zero-order chi connectivity index (χ0) is 37.7. The predicted octanol–water partition coefficient (Wildman–Crippen LogP) is 4.55. The van der Waals surface area contributed by atoms with E-state index in [0.717, 1.165) is 6.42 Å². The fourth-order valence-corrected chi connectivity index (χ4v) is 8.36. The van der Waals surface area contributed by atoms with Crippen LogP contribution in [0.3, 0.4) is 0 Å². The van der Waals surface area contributed by atoms with Gasteiger partial charge in [-0.2, -0.15) is 0 Å². The van der Waals surface area contributed by atoms with Gasteiger partial charge >= 0.3 is 5.97 Å². The number of hydrogen-bond acceptors (Lipinski definition) is 10. The minimum absolute atomic E-state index is 0.0705. The zero-order valence-electron chi connectivity index (χ0n) is 33.1. The molecule has 286 valence electrons. The number of hydrogen-bond donors (Lipinski definition) is 5. The summed E-state index contributed by atoms with van der Waals surface area (Å²) in [5, 5.41) is 55.4. The minimum atomic E-state index is -2.35. The molecule has 1 fully saturated rings. The third-order valence-corrected chi connectivity index (χ3v) is 15.8. The summed E-state index contributed by atoms with van der Waals surface area (Å²) < 4.78 is 19.5. The summed E-state index contributed by atoms with van der Waals surface area (Å²) in [7, 11) is 3.63. The Morgan fingerprint density at radius 2 is 1.52 bits per heavy atom. The van der Waals surface area contributed by atoms with Crippen LogP contribution in [0.1, 0.15) is 102 Å². The second-order valence-electron chi connectivity index (χ2n) is 17.3. The van der Waals surface area contributed by atoms with Crippen molar-refractivity contribution < 1.29 is 44.2 Å². The summed E-state index contributed by atoms with van der Waals surface area (Å²) in [5.74, 6) is -2.99. The van der Waals surface area contributed by atoms with E-state index in [0.29, 0.717) is 19.4 Å². The SMILES string of the molecule is CC[C@@H](O)[C@@](C)(O)[C@H](O[Si](C)(C)C(C)(C)C)[C@@H](C)N(C)C[C@H](C)C[C@@](C)(O)[C@H](OC1C[C@@H](N(C)C)C[C@@H](C)O1)[C@@H](C)[C@H](O)[C@@H](C)C(=O)O. The van der Waals surface area contributed by atoms with Crippen molar-refractivity contribution in [2.75, 3.05) is 27.7 Å². The van der Waals surface area contributed by atoms with Crippen molar-refractivity contribution in [3.8, 4) is 0 Å². The Morgan fingerprint density at radius 3 is 1.98 bits per heavy atom. The number of nitrogens with zero attached hydrogens (tertiary/aromatic N) is 2. The fraction of sp³-hybridized carbons (Fsp3) is 0.972. The van der Waals surface area contributed by atoms with Gasteiger partial charge < -0.3 is 49.2 Å². The molecule has 11 nitrogen and oxygen atoms in total. The van der Waals surface area contributed by atoms with Crippen LogP contribution in [0, 0.1) is 17.8 Å². The number of ether oxygens (including phenoxy) is 2. The predicted molar refractivity (Wildman–Crippen MR) is 193 cm³/mol. The molecular formula is C36H74N2O9Si. The molecule has 1 saturated heterocycles. The van der Waals surface area contributed by atoms with E-state index in [4.69, 9.17) is 13.9 Å². The maximum atomic E-state index is 12.1. The molecular weight excluding hydrogens is 632 g/mol. The Labute approximate surface area is 293 Å². The molecule has 0 aliphatic carbocycles. The summed E-state index contributed by atoms with van der Waals surface area (Å²) >= 11 is 0. The molecule has 0 bridgehead atoms. The van der Waals surface area contributed by atoms with Gasteiger partial charge in [0.15, 0.2) is 14.6 Å². The maximum absolute atomic E-state index is 12.1. The third kappa shape index (κ3) is 12.0. The lowest BCUT2D eigenvalue weighted by molar-refractivity contribution is -0.267. The molecule has 0 radical (unpaired) electrons. The number of carboxylic acid groups (broad SMARTS) is 1. The van der Waals surface area contributed by atoms with Crippen LogP contribution in [0.15, 0.2) is 0 Å². The van der Waals surface area contributed by atoms with Crippen LogP contribution < -0.4 is 0 Å². The number of carbonyl (C=O) groups is 1. The van der Waals surface area contributed by atoms with Crippen LogP contribution in [-0.2, 0) is 18.7 Å². The van der Waals surface area contributed by atoms with E-state index < -0.39 is 68.0 Å². The van der Waals surface area contributed by atoms with Gasteiger partial charge in [0.25, 0.3) is 0 Å². The van der Waals surface area contributed by atoms with Crippen LogP contribution in [0.25, 0.3) is 0 Å². The average Bonchev–Trinajstić information content (AvgIpc) is 2.94. The first-order valence-corrected chi connectivity index (χ1v) is 20.9. The maximum Gasteiger partial charge on any atom is 0.308 e.